The van der Waals surface area contributed by atoms with Crippen molar-refractivity contribution in [1.29, 1.82) is 0 Å². The molecule has 0 bridgehead atoms. The molecule has 0 spiro atoms. The number of ketones is 1. The highest BCUT2D eigenvalue weighted by Gasteiger charge is 2.18. The number of carbonyl (C=O) groups excluding carboxylic acids is 1. The highest BCUT2D eigenvalue weighted by Crippen LogP contribution is 2.19. The van der Waals surface area contributed by atoms with Gasteiger partial charge in [-0.1, -0.05) is 38.8 Å². The van der Waals surface area contributed by atoms with Gasteiger partial charge < -0.3 is 4.42 Å². The summed E-state index contributed by atoms with van der Waals surface area (Å²) in [5.41, 5.74) is 1.58. The van der Waals surface area contributed by atoms with Crippen LogP contribution >= 0.6 is 0 Å². The molecule has 1 aromatic heterocycles. The van der Waals surface area contributed by atoms with Gasteiger partial charge in [-0.05, 0) is 25.0 Å². The van der Waals surface area contributed by atoms with Crippen molar-refractivity contribution in [1.82, 2.24) is 4.98 Å². The number of nitrogens with zero attached hydrogens (tertiary/aromatic N) is 1. The van der Waals surface area contributed by atoms with Gasteiger partial charge in [0.15, 0.2) is 5.58 Å². The molecule has 2 aromatic rings. The molecule has 3 heteroatoms. The van der Waals surface area contributed by atoms with Gasteiger partial charge in [-0.2, -0.15) is 0 Å². The largest absolute Gasteiger partial charge is 0.440 e. The molecule has 0 N–H and O–H groups in total. The first-order valence-electron chi connectivity index (χ1n) is 7.11. The van der Waals surface area contributed by atoms with Gasteiger partial charge in [-0.15, -0.1) is 0 Å². The van der Waals surface area contributed by atoms with Crippen molar-refractivity contribution in [2.75, 3.05) is 0 Å². The van der Waals surface area contributed by atoms with E-state index in [0.717, 1.165) is 36.8 Å². The van der Waals surface area contributed by atoms with Crippen LogP contribution in [0.4, 0.5) is 0 Å². The summed E-state index contributed by atoms with van der Waals surface area (Å²) in [6.07, 6.45) is 4.44. The lowest BCUT2D eigenvalue weighted by atomic mass is 9.93. The molecular formula is C16H21NO2. The summed E-state index contributed by atoms with van der Waals surface area (Å²) in [5, 5.41) is 0. The van der Waals surface area contributed by atoms with E-state index in [2.05, 4.69) is 18.8 Å². The van der Waals surface area contributed by atoms with Crippen LogP contribution in [0.25, 0.3) is 11.1 Å². The lowest BCUT2D eigenvalue weighted by molar-refractivity contribution is -0.122. The molecule has 0 aliphatic carbocycles. The molecule has 0 amide bonds. The maximum Gasteiger partial charge on any atom is 0.202 e. The highest BCUT2D eigenvalue weighted by molar-refractivity contribution is 5.83. The number of hydrogen-bond donors (Lipinski definition) is 0. The quantitative estimate of drug-likeness (QED) is 0.750. The first-order chi connectivity index (χ1) is 9.24. The van der Waals surface area contributed by atoms with Crippen molar-refractivity contribution < 1.29 is 9.21 Å². The Morgan fingerprint density at radius 1 is 1.32 bits per heavy atom. The second-order valence-electron chi connectivity index (χ2n) is 4.97. The minimum Gasteiger partial charge on any atom is -0.440 e. The number of fused-ring (bicyclic) bond motifs is 1. The summed E-state index contributed by atoms with van der Waals surface area (Å²) in [4.78, 5) is 16.6. The number of aromatic nitrogens is 1. The van der Waals surface area contributed by atoms with Crippen molar-refractivity contribution in [3.8, 4) is 0 Å². The van der Waals surface area contributed by atoms with Gasteiger partial charge in [0.05, 0.1) is 6.42 Å². The molecule has 0 fully saturated rings. The fourth-order valence-corrected chi connectivity index (χ4v) is 2.33. The second-order valence-corrected chi connectivity index (χ2v) is 4.97. The molecule has 0 aliphatic rings. The fourth-order valence-electron chi connectivity index (χ4n) is 2.33. The number of unbranched alkanes of at least 4 members (excludes halogenated alkanes) is 1. The second kappa shape index (κ2) is 6.50. The number of rotatable bonds is 7. The van der Waals surface area contributed by atoms with Crippen LogP contribution in [0.3, 0.4) is 0 Å². The third-order valence-corrected chi connectivity index (χ3v) is 3.52. The van der Waals surface area contributed by atoms with E-state index in [9.17, 15) is 4.79 Å². The molecule has 1 aromatic carbocycles. The molecule has 0 saturated carbocycles. The van der Waals surface area contributed by atoms with Crippen LogP contribution in [0.15, 0.2) is 28.7 Å². The van der Waals surface area contributed by atoms with Crippen molar-refractivity contribution in [2.45, 2.75) is 46.0 Å². The maximum atomic E-state index is 12.2. The molecule has 0 saturated heterocycles. The molecule has 2 rings (SSSR count). The molecule has 0 radical (unpaired) electrons. The summed E-state index contributed by atoms with van der Waals surface area (Å²) >= 11 is 0. The SMILES string of the molecule is CCCCC(CC)C(=O)Cc1nc2ccccc2o1. The Balaban J connectivity index is 2.04. The third kappa shape index (κ3) is 3.43. The normalized spacial score (nSPS) is 12.7. The minimum absolute atomic E-state index is 0.148. The molecule has 1 atom stereocenters. The van der Waals surface area contributed by atoms with Crippen LogP contribution < -0.4 is 0 Å². The Bertz CT molecular complexity index is 511. The molecular weight excluding hydrogens is 238 g/mol. The number of para-hydroxylation sites is 2. The summed E-state index contributed by atoms with van der Waals surface area (Å²) in [5.74, 6) is 0.943. The summed E-state index contributed by atoms with van der Waals surface area (Å²) in [6, 6.07) is 7.62. The average molecular weight is 259 g/mol. The van der Waals surface area contributed by atoms with Crippen molar-refractivity contribution in [2.24, 2.45) is 5.92 Å². The van der Waals surface area contributed by atoms with E-state index >= 15 is 0 Å². The summed E-state index contributed by atoms with van der Waals surface area (Å²) in [7, 11) is 0. The third-order valence-electron chi connectivity index (χ3n) is 3.52. The standard InChI is InChI=1S/C16H21NO2/c1-3-5-8-12(4-2)14(18)11-16-17-13-9-6-7-10-15(13)19-16/h6-7,9-10,12H,3-5,8,11H2,1-2H3. The van der Waals surface area contributed by atoms with Crippen LogP contribution in [-0.2, 0) is 11.2 Å². The Morgan fingerprint density at radius 3 is 2.79 bits per heavy atom. The van der Waals surface area contributed by atoms with Crippen molar-refractivity contribution >= 4 is 16.9 Å². The zero-order valence-corrected chi connectivity index (χ0v) is 11.7. The smallest absolute Gasteiger partial charge is 0.202 e. The zero-order chi connectivity index (χ0) is 13.7. The van der Waals surface area contributed by atoms with E-state index in [0.29, 0.717) is 12.3 Å². The Hall–Kier alpha value is -1.64. The molecule has 19 heavy (non-hydrogen) atoms. The lowest BCUT2D eigenvalue weighted by Crippen LogP contribution is -2.16. The number of carbonyl (C=O) groups is 1. The van der Waals surface area contributed by atoms with E-state index in [1.807, 2.05) is 24.3 Å². The van der Waals surface area contributed by atoms with E-state index in [-0.39, 0.29) is 11.7 Å². The topological polar surface area (TPSA) is 43.1 Å². The number of oxazole rings is 1. The molecule has 3 nitrogen and oxygen atoms in total. The Labute approximate surface area is 114 Å². The van der Waals surface area contributed by atoms with E-state index in [1.165, 1.54) is 0 Å². The summed E-state index contributed by atoms with van der Waals surface area (Å²) < 4.78 is 5.61. The van der Waals surface area contributed by atoms with Gasteiger partial charge in [-0.25, -0.2) is 4.98 Å². The van der Waals surface area contributed by atoms with Gasteiger partial charge >= 0.3 is 0 Å². The maximum absolute atomic E-state index is 12.2. The zero-order valence-electron chi connectivity index (χ0n) is 11.7. The van der Waals surface area contributed by atoms with Gasteiger partial charge in [0.2, 0.25) is 5.89 Å². The highest BCUT2D eigenvalue weighted by atomic mass is 16.3. The van der Waals surface area contributed by atoms with Crippen LogP contribution in [0.1, 0.15) is 45.4 Å². The van der Waals surface area contributed by atoms with Crippen LogP contribution in [-0.4, -0.2) is 10.8 Å². The average Bonchev–Trinajstić information content (AvgIpc) is 2.81. The van der Waals surface area contributed by atoms with Gasteiger partial charge in [0, 0.05) is 5.92 Å². The van der Waals surface area contributed by atoms with Gasteiger partial charge in [-0.3, -0.25) is 4.79 Å². The van der Waals surface area contributed by atoms with E-state index < -0.39 is 0 Å². The molecule has 1 unspecified atom stereocenters. The molecule has 1 heterocycles. The van der Waals surface area contributed by atoms with Crippen molar-refractivity contribution in [3.05, 3.63) is 30.2 Å². The Kier molecular flexibility index (Phi) is 4.72. The minimum atomic E-state index is 0.148. The Morgan fingerprint density at radius 2 is 2.11 bits per heavy atom. The van der Waals surface area contributed by atoms with Crippen molar-refractivity contribution in [3.63, 3.8) is 0 Å². The molecule has 0 aliphatic heterocycles. The number of Topliss-reactive ketones (excluding diaryl/α,β-unsaturated/α-hetero) is 1. The lowest BCUT2D eigenvalue weighted by Gasteiger charge is -2.11. The van der Waals surface area contributed by atoms with E-state index in [4.69, 9.17) is 4.42 Å². The first kappa shape index (κ1) is 13.8. The monoisotopic (exact) mass is 259 g/mol. The van der Waals surface area contributed by atoms with Crippen LogP contribution in [0, 0.1) is 5.92 Å². The predicted molar refractivity (Wildman–Crippen MR) is 76.0 cm³/mol. The van der Waals surface area contributed by atoms with E-state index in [1.54, 1.807) is 0 Å². The van der Waals surface area contributed by atoms with Gasteiger partial charge in [0.25, 0.3) is 0 Å². The number of hydrogen-bond acceptors (Lipinski definition) is 3. The number of benzene rings is 1. The predicted octanol–water partition coefficient (Wildman–Crippen LogP) is 4.16. The van der Waals surface area contributed by atoms with Crippen LogP contribution in [0.5, 0.6) is 0 Å². The van der Waals surface area contributed by atoms with Crippen LogP contribution in [0.2, 0.25) is 0 Å². The molecule has 102 valence electrons. The fraction of sp³-hybridized carbons (Fsp3) is 0.500. The first-order valence-corrected chi connectivity index (χ1v) is 7.11. The van der Waals surface area contributed by atoms with Gasteiger partial charge in [0.1, 0.15) is 11.3 Å². The summed E-state index contributed by atoms with van der Waals surface area (Å²) in [6.45, 7) is 4.22.